The van der Waals surface area contributed by atoms with Crippen molar-refractivity contribution in [2.45, 2.75) is 13.8 Å². The minimum absolute atomic E-state index is 1.17. The molecule has 0 radical (unpaired) electrons. The van der Waals surface area contributed by atoms with Crippen LogP contribution in [-0.2, 0) is 0 Å². The van der Waals surface area contributed by atoms with Gasteiger partial charge in [-0.15, -0.1) is 5.73 Å². The van der Waals surface area contributed by atoms with E-state index in [2.05, 4.69) is 30.5 Å². The molecule has 0 atom stereocenters. The molecule has 76 valence electrons. The molecule has 1 aliphatic rings. The molecule has 0 N–H and O–H groups in total. The van der Waals surface area contributed by atoms with Crippen molar-refractivity contribution < 1.29 is 0 Å². The Bertz CT molecular complexity index is 427. The zero-order valence-corrected chi connectivity index (χ0v) is 9.33. The van der Waals surface area contributed by atoms with Gasteiger partial charge in [0.2, 0.25) is 0 Å². The van der Waals surface area contributed by atoms with Gasteiger partial charge in [0.1, 0.15) is 0 Å². The summed E-state index contributed by atoms with van der Waals surface area (Å²) in [4.78, 5) is 0. The van der Waals surface area contributed by atoms with Crippen LogP contribution in [-0.4, -0.2) is 0 Å². The first-order valence-electron chi connectivity index (χ1n) is 5.26. The molecule has 0 aromatic heterocycles. The highest BCUT2D eigenvalue weighted by atomic mass is 14.0. The fourth-order valence-electron chi connectivity index (χ4n) is 1.44. The van der Waals surface area contributed by atoms with Crippen LogP contribution in [0.15, 0.2) is 42.7 Å². The van der Waals surface area contributed by atoms with Crippen molar-refractivity contribution in [1.82, 2.24) is 0 Å². The van der Waals surface area contributed by atoms with E-state index in [0.29, 0.717) is 0 Å². The summed E-state index contributed by atoms with van der Waals surface area (Å²) < 4.78 is 0. The molecule has 0 unspecified atom stereocenters. The lowest BCUT2D eigenvalue weighted by molar-refractivity contribution is 1.50. The van der Waals surface area contributed by atoms with Crippen LogP contribution in [0.5, 0.6) is 0 Å². The molecule has 0 nitrogen and oxygen atoms in total. The van der Waals surface area contributed by atoms with Crippen LogP contribution in [0.2, 0.25) is 0 Å². The predicted octanol–water partition coefficient (Wildman–Crippen LogP) is 4.55. The lowest BCUT2D eigenvalue weighted by Gasteiger charge is -2.03. The van der Waals surface area contributed by atoms with Crippen molar-refractivity contribution in [3.63, 3.8) is 0 Å². The third-order valence-electron chi connectivity index (χ3n) is 2.09. The maximum absolute atomic E-state index is 3.79. The second-order valence-corrected chi connectivity index (χ2v) is 2.89. The first kappa shape index (κ1) is 11.3. The molecule has 0 bridgehead atoms. The highest BCUT2D eigenvalue weighted by Gasteiger charge is 2.00. The molecule has 0 heterocycles. The third-order valence-corrected chi connectivity index (χ3v) is 2.09. The summed E-state index contributed by atoms with van der Waals surface area (Å²) in [6.07, 6.45) is 9.86. The van der Waals surface area contributed by atoms with Gasteiger partial charge in [-0.2, -0.15) is 0 Å². The van der Waals surface area contributed by atoms with Crippen LogP contribution < -0.4 is 0 Å². The van der Waals surface area contributed by atoms with Gasteiger partial charge in [0.05, 0.1) is 0 Å². The Morgan fingerprint density at radius 1 is 1.27 bits per heavy atom. The average Bonchev–Trinajstić information content (AvgIpc) is 2.56. The second kappa shape index (κ2) is 5.85. The molecule has 0 fully saturated rings. The summed E-state index contributed by atoms with van der Waals surface area (Å²) in [7, 11) is 0. The Morgan fingerprint density at radius 2 is 2.07 bits per heavy atom. The van der Waals surface area contributed by atoms with Gasteiger partial charge >= 0.3 is 0 Å². The van der Waals surface area contributed by atoms with Gasteiger partial charge in [-0.1, -0.05) is 56.9 Å². The maximum Gasteiger partial charge on any atom is -0.0101 e. The standard InChI is InChI=1S/C13H10.C2H6/c1-2-11-8-6-9-12-7-4-3-5-10-13(11)12;1-2/h2-3,5-10H,1H2;1-2H3. The predicted molar refractivity (Wildman–Crippen MR) is 69.5 cm³/mol. The van der Waals surface area contributed by atoms with E-state index in [4.69, 9.17) is 0 Å². The van der Waals surface area contributed by atoms with E-state index in [0.717, 1.165) is 0 Å². The Labute approximate surface area is 92.0 Å². The first-order chi connectivity index (χ1) is 7.42. The van der Waals surface area contributed by atoms with E-state index >= 15 is 0 Å². The van der Waals surface area contributed by atoms with E-state index in [1.165, 1.54) is 16.7 Å². The average molecular weight is 196 g/mol. The van der Waals surface area contributed by atoms with Crippen LogP contribution in [0.3, 0.4) is 0 Å². The van der Waals surface area contributed by atoms with Gasteiger partial charge < -0.3 is 0 Å². The van der Waals surface area contributed by atoms with E-state index in [-0.39, 0.29) is 0 Å². The molecule has 1 aromatic rings. The van der Waals surface area contributed by atoms with Crippen LogP contribution in [0.4, 0.5) is 0 Å². The van der Waals surface area contributed by atoms with Gasteiger partial charge in [0.25, 0.3) is 0 Å². The van der Waals surface area contributed by atoms with Crippen LogP contribution in [0.1, 0.15) is 30.5 Å². The van der Waals surface area contributed by atoms with Crippen LogP contribution in [0.25, 0.3) is 18.2 Å². The Morgan fingerprint density at radius 3 is 2.80 bits per heavy atom. The van der Waals surface area contributed by atoms with Crippen LogP contribution in [0, 0.1) is 0 Å². The number of rotatable bonds is 1. The van der Waals surface area contributed by atoms with Crippen LogP contribution >= 0.6 is 0 Å². The minimum Gasteiger partial charge on any atom is -0.120 e. The van der Waals surface area contributed by atoms with Crippen molar-refractivity contribution >= 4 is 18.2 Å². The van der Waals surface area contributed by atoms with Crippen molar-refractivity contribution in [2.24, 2.45) is 0 Å². The van der Waals surface area contributed by atoms with Gasteiger partial charge in [0.15, 0.2) is 0 Å². The molecule has 0 heteroatoms. The van der Waals surface area contributed by atoms with E-state index in [9.17, 15) is 0 Å². The molecule has 1 aromatic carbocycles. The second-order valence-electron chi connectivity index (χ2n) is 2.89. The Kier molecular flexibility index (Phi) is 4.40. The molecular formula is C15H16. The SMILES string of the molecule is C=Cc1cccc2c1C=CC=C=C2.CC. The molecule has 0 amide bonds. The fraction of sp³-hybridized carbons (Fsp3) is 0.133. The maximum atomic E-state index is 3.79. The van der Waals surface area contributed by atoms with Gasteiger partial charge in [-0.25, -0.2) is 0 Å². The molecule has 2 rings (SSSR count). The monoisotopic (exact) mass is 196 g/mol. The zero-order chi connectivity index (χ0) is 11.1. The molecular weight excluding hydrogens is 180 g/mol. The number of hydrogen-bond acceptors (Lipinski definition) is 0. The van der Waals surface area contributed by atoms with Crippen molar-refractivity contribution in [3.05, 3.63) is 59.4 Å². The number of fused-ring (bicyclic) bond motifs is 1. The lowest BCUT2D eigenvalue weighted by atomic mass is 10.0. The summed E-state index contributed by atoms with van der Waals surface area (Å²) in [5.41, 5.74) is 6.67. The lowest BCUT2D eigenvalue weighted by Crippen LogP contribution is -1.84. The van der Waals surface area contributed by atoms with E-state index < -0.39 is 0 Å². The molecule has 1 aliphatic carbocycles. The van der Waals surface area contributed by atoms with Crippen molar-refractivity contribution in [2.75, 3.05) is 0 Å². The van der Waals surface area contributed by atoms with Gasteiger partial charge in [-0.05, 0) is 28.8 Å². The molecule has 0 aliphatic heterocycles. The minimum atomic E-state index is 1.17. The highest BCUT2D eigenvalue weighted by molar-refractivity contribution is 5.75. The summed E-state index contributed by atoms with van der Waals surface area (Å²) in [5, 5.41) is 0. The molecule has 0 saturated heterocycles. The molecule has 0 saturated carbocycles. The molecule has 0 spiro atoms. The highest BCUT2D eigenvalue weighted by Crippen LogP contribution is 2.20. The third kappa shape index (κ3) is 2.59. The van der Waals surface area contributed by atoms with Crippen molar-refractivity contribution in [1.29, 1.82) is 0 Å². The number of benzene rings is 1. The fourth-order valence-corrected chi connectivity index (χ4v) is 1.44. The first-order valence-corrected chi connectivity index (χ1v) is 5.26. The van der Waals surface area contributed by atoms with Crippen molar-refractivity contribution in [3.8, 4) is 0 Å². The Balaban J connectivity index is 0.000000531. The summed E-state index contributed by atoms with van der Waals surface area (Å²) in [6.45, 7) is 7.79. The zero-order valence-electron chi connectivity index (χ0n) is 9.33. The summed E-state index contributed by atoms with van der Waals surface area (Å²) >= 11 is 0. The molecule has 15 heavy (non-hydrogen) atoms. The number of hydrogen-bond donors (Lipinski definition) is 0. The quantitative estimate of drug-likeness (QED) is 0.578. The smallest absolute Gasteiger partial charge is 0.0101 e. The van der Waals surface area contributed by atoms with E-state index in [1.54, 1.807) is 0 Å². The van der Waals surface area contributed by atoms with Gasteiger partial charge in [-0.3, -0.25) is 0 Å². The van der Waals surface area contributed by atoms with E-state index in [1.807, 2.05) is 44.2 Å². The Hall–Kier alpha value is -1.78. The number of allylic oxidation sites excluding steroid dienone is 2. The normalized spacial score (nSPS) is 11.1. The van der Waals surface area contributed by atoms with Gasteiger partial charge in [0, 0.05) is 0 Å². The largest absolute Gasteiger partial charge is 0.120 e. The summed E-state index contributed by atoms with van der Waals surface area (Å²) in [5.74, 6) is 0. The topological polar surface area (TPSA) is 0 Å². The summed E-state index contributed by atoms with van der Waals surface area (Å²) in [6, 6.07) is 6.18.